The summed E-state index contributed by atoms with van der Waals surface area (Å²) >= 11 is 1.75. The topological polar surface area (TPSA) is 26.3 Å². The first-order valence-electron chi connectivity index (χ1n) is 8.90. The summed E-state index contributed by atoms with van der Waals surface area (Å²) in [5.41, 5.74) is 3.41. The number of ether oxygens (including phenoxy) is 1. The Labute approximate surface area is 158 Å². The van der Waals surface area contributed by atoms with Crippen molar-refractivity contribution in [3.63, 3.8) is 0 Å². The van der Waals surface area contributed by atoms with Gasteiger partial charge in [-0.25, -0.2) is 9.18 Å². The molecule has 2 unspecified atom stereocenters. The fourth-order valence-corrected chi connectivity index (χ4v) is 5.02. The minimum atomic E-state index is -0.303. The fraction of sp³-hybridized carbons (Fsp3) is 0.318. The molecular formula is C22H23FO2S. The van der Waals surface area contributed by atoms with E-state index in [0.717, 1.165) is 16.7 Å². The summed E-state index contributed by atoms with van der Waals surface area (Å²) in [7, 11) is 0. The molecule has 0 aromatic heterocycles. The van der Waals surface area contributed by atoms with Crippen molar-refractivity contribution in [2.45, 2.75) is 31.3 Å². The van der Waals surface area contributed by atoms with Gasteiger partial charge in [0.25, 0.3) is 0 Å². The van der Waals surface area contributed by atoms with Crippen LogP contribution >= 0.6 is 11.8 Å². The molecule has 2 nitrogen and oxygen atoms in total. The average molecular weight is 370 g/mol. The molecule has 2 atom stereocenters. The van der Waals surface area contributed by atoms with Crippen molar-refractivity contribution in [3.8, 4) is 0 Å². The summed E-state index contributed by atoms with van der Waals surface area (Å²) in [5, 5.41) is -0.0117. The van der Waals surface area contributed by atoms with Gasteiger partial charge in [0, 0.05) is 5.25 Å². The lowest BCUT2D eigenvalue weighted by Gasteiger charge is -2.18. The number of hydrogen-bond acceptors (Lipinski definition) is 3. The van der Waals surface area contributed by atoms with Crippen LogP contribution in [0.15, 0.2) is 60.2 Å². The second kappa shape index (κ2) is 8.09. The fourth-order valence-electron chi connectivity index (χ4n) is 3.34. The Morgan fingerprint density at radius 1 is 1.15 bits per heavy atom. The molecule has 0 saturated heterocycles. The zero-order chi connectivity index (χ0) is 18.7. The largest absolute Gasteiger partial charge is 0.463 e. The molecule has 0 fully saturated rings. The van der Waals surface area contributed by atoms with Crippen LogP contribution in [0.25, 0.3) is 5.57 Å². The third-order valence-electron chi connectivity index (χ3n) is 4.46. The molecule has 2 aromatic carbocycles. The van der Waals surface area contributed by atoms with Crippen molar-refractivity contribution in [3.05, 3.63) is 77.1 Å². The van der Waals surface area contributed by atoms with Crippen LogP contribution in [0.3, 0.4) is 0 Å². The molecule has 0 saturated carbocycles. The Kier molecular flexibility index (Phi) is 5.82. The third-order valence-corrected chi connectivity index (χ3v) is 6.31. The van der Waals surface area contributed by atoms with Crippen molar-refractivity contribution >= 4 is 23.3 Å². The van der Waals surface area contributed by atoms with Crippen LogP contribution in [0.2, 0.25) is 0 Å². The molecule has 0 amide bonds. The lowest BCUT2D eigenvalue weighted by Crippen LogP contribution is -2.20. The zero-order valence-electron chi connectivity index (χ0n) is 15.2. The molecule has 2 aromatic rings. The molecular weight excluding hydrogens is 347 g/mol. The lowest BCUT2D eigenvalue weighted by atomic mass is 9.89. The van der Waals surface area contributed by atoms with Gasteiger partial charge < -0.3 is 4.74 Å². The quantitative estimate of drug-likeness (QED) is 0.636. The molecule has 0 radical (unpaired) electrons. The van der Waals surface area contributed by atoms with Crippen molar-refractivity contribution in [1.82, 2.24) is 0 Å². The standard InChI is InChI=1S/C22H23FO2S/c1-4-25-22(24)19-18(16-11-8-12-17(23)13-16)21(26-20(19)14(2)3)15-9-6-5-7-10-15/h5-14,20-21H,4H2,1-3H3. The summed E-state index contributed by atoms with van der Waals surface area (Å²) in [6, 6.07) is 16.6. The zero-order valence-corrected chi connectivity index (χ0v) is 16.1. The molecule has 1 aliphatic rings. The van der Waals surface area contributed by atoms with Crippen LogP contribution in [-0.2, 0) is 9.53 Å². The van der Waals surface area contributed by atoms with Gasteiger partial charge in [-0.1, -0.05) is 56.3 Å². The van der Waals surface area contributed by atoms with E-state index in [4.69, 9.17) is 4.74 Å². The van der Waals surface area contributed by atoms with E-state index in [1.54, 1.807) is 17.8 Å². The van der Waals surface area contributed by atoms with E-state index in [-0.39, 0.29) is 28.2 Å². The predicted molar refractivity (Wildman–Crippen MR) is 105 cm³/mol. The van der Waals surface area contributed by atoms with Gasteiger partial charge >= 0.3 is 5.97 Å². The summed E-state index contributed by atoms with van der Waals surface area (Å²) in [6.45, 7) is 6.34. The summed E-state index contributed by atoms with van der Waals surface area (Å²) in [5.74, 6) is -0.337. The summed E-state index contributed by atoms with van der Waals surface area (Å²) < 4.78 is 19.3. The molecule has 1 aliphatic heterocycles. The first-order chi connectivity index (χ1) is 12.5. The summed E-state index contributed by atoms with van der Waals surface area (Å²) in [6.07, 6.45) is 0. The van der Waals surface area contributed by atoms with Crippen LogP contribution in [0.4, 0.5) is 4.39 Å². The maximum Gasteiger partial charge on any atom is 0.335 e. The van der Waals surface area contributed by atoms with Gasteiger partial charge in [0.15, 0.2) is 0 Å². The first-order valence-corrected chi connectivity index (χ1v) is 9.84. The number of benzene rings is 2. The van der Waals surface area contributed by atoms with Crippen molar-refractivity contribution in [2.75, 3.05) is 6.61 Å². The number of thioether (sulfide) groups is 1. The molecule has 0 N–H and O–H groups in total. The van der Waals surface area contributed by atoms with Crippen LogP contribution in [0.1, 0.15) is 37.1 Å². The molecule has 3 rings (SSSR count). The van der Waals surface area contributed by atoms with Crippen molar-refractivity contribution < 1.29 is 13.9 Å². The van der Waals surface area contributed by atoms with Crippen molar-refractivity contribution in [2.24, 2.45) is 5.92 Å². The highest BCUT2D eigenvalue weighted by molar-refractivity contribution is 8.01. The lowest BCUT2D eigenvalue weighted by molar-refractivity contribution is -0.138. The number of rotatable bonds is 5. The second-order valence-corrected chi connectivity index (χ2v) is 7.90. The monoisotopic (exact) mass is 370 g/mol. The van der Waals surface area contributed by atoms with E-state index in [1.165, 1.54) is 12.1 Å². The van der Waals surface area contributed by atoms with Crippen LogP contribution in [0, 0.1) is 11.7 Å². The molecule has 0 aliphatic carbocycles. The minimum Gasteiger partial charge on any atom is -0.463 e. The minimum absolute atomic E-state index is 0.0116. The van der Waals surface area contributed by atoms with Gasteiger partial charge in [-0.2, -0.15) is 0 Å². The van der Waals surface area contributed by atoms with Gasteiger partial charge in [-0.05, 0) is 41.7 Å². The number of carbonyl (C=O) groups excluding carboxylic acids is 1. The average Bonchev–Trinajstić information content (AvgIpc) is 3.03. The van der Waals surface area contributed by atoms with E-state index in [9.17, 15) is 9.18 Å². The van der Waals surface area contributed by atoms with E-state index < -0.39 is 0 Å². The second-order valence-electron chi connectivity index (χ2n) is 6.65. The smallest absolute Gasteiger partial charge is 0.335 e. The van der Waals surface area contributed by atoms with E-state index in [1.807, 2.05) is 31.2 Å². The van der Waals surface area contributed by atoms with Gasteiger partial charge in [0.05, 0.1) is 17.4 Å². The molecule has 0 bridgehead atoms. The van der Waals surface area contributed by atoms with E-state index in [2.05, 4.69) is 26.0 Å². The molecule has 1 heterocycles. The van der Waals surface area contributed by atoms with Gasteiger partial charge in [-0.15, -0.1) is 11.8 Å². The predicted octanol–water partition coefficient (Wildman–Crippen LogP) is 5.66. The molecule has 0 spiro atoms. The van der Waals surface area contributed by atoms with E-state index in [0.29, 0.717) is 12.2 Å². The number of esters is 1. The Morgan fingerprint density at radius 2 is 1.88 bits per heavy atom. The number of carbonyl (C=O) groups is 1. The summed E-state index contributed by atoms with van der Waals surface area (Å²) in [4.78, 5) is 12.8. The Balaban J connectivity index is 2.21. The van der Waals surface area contributed by atoms with E-state index >= 15 is 0 Å². The number of hydrogen-bond donors (Lipinski definition) is 0. The maximum atomic E-state index is 13.9. The van der Waals surface area contributed by atoms with Gasteiger partial charge in [-0.3, -0.25) is 0 Å². The highest BCUT2D eigenvalue weighted by Gasteiger charge is 2.41. The number of halogens is 1. The Hall–Kier alpha value is -2.07. The Bertz CT molecular complexity index is 814. The Morgan fingerprint density at radius 3 is 2.50 bits per heavy atom. The van der Waals surface area contributed by atoms with Crippen LogP contribution in [0.5, 0.6) is 0 Å². The van der Waals surface area contributed by atoms with Crippen LogP contribution in [-0.4, -0.2) is 17.8 Å². The van der Waals surface area contributed by atoms with Crippen molar-refractivity contribution in [1.29, 1.82) is 0 Å². The maximum absolute atomic E-state index is 13.9. The molecule has 4 heteroatoms. The first kappa shape index (κ1) is 18.7. The SMILES string of the molecule is CCOC(=O)C1=C(c2cccc(F)c2)C(c2ccccc2)SC1C(C)C. The molecule has 26 heavy (non-hydrogen) atoms. The highest BCUT2D eigenvalue weighted by atomic mass is 32.2. The van der Waals surface area contributed by atoms with Crippen LogP contribution < -0.4 is 0 Å². The normalized spacial score (nSPS) is 19.9. The highest BCUT2D eigenvalue weighted by Crippen LogP contribution is 2.55. The third kappa shape index (κ3) is 3.70. The van der Waals surface area contributed by atoms with Gasteiger partial charge in [0.2, 0.25) is 0 Å². The van der Waals surface area contributed by atoms with Gasteiger partial charge in [0.1, 0.15) is 5.82 Å². The molecule has 136 valence electrons.